The summed E-state index contributed by atoms with van der Waals surface area (Å²) in [4.78, 5) is 60.8. The van der Waals surface area contributed by atoms with Gasteiger partial charge in [-0.05, 0) is 436 Å². The molecule has 141 heavy (non-hydrogen) atoms. The Morgan fingerprint density at radius 1 is 0.333 bits per heavy atom. The number of hydrogen-bond donors (Lipinski definition) is 2. The number of benzene rings is 10. The largest absolute Gasteiger partial charge is 0.478 e. The Kier molecular flexibility index (Phi) is 34.5. The van der Waals surface area contributed by atoms with Crippen LogP contribution < -0.4 is 15.5 Å². The van der Waals surface area contributed by atoms with Crippen LogP contribution >= 0.6 is 22.6 Å². The summed E-state index contributed by atoms with van der Waals surface area (Å²) in [7, 11) is 4.20. The number of aryl methyl sites for hydroxylation is 6. The molecule has 0 aromatic heterocycles. The van der Waals surface area contributed by atoms with Crippen LogP contribution in [0, 0.1) is 55.2 Å². The number of carboxylic acid groups (broad SMARTS) is 1. The normalized spacial score (nSPS) is 18.0. The summed E-state index contributed by atoms with van der Waals surface area (Å²) in [5.74, 6) is -1.77. The van der Waals surface area contributed by atoms with Crippen molar-refractivity contribution in [1.82, 2.24) is 0 Å². The summed E-state index contributed by atoms with van der Waals surface area (Å²) in [6, 6.07) is 59.5. The number of nitrogen functional groups attached to an aromatic ring is 1. The molecule has 14 nitrogen and oxygen atoms in total. The average Bonchev–Trinajstić information content (AvgIpc) is 0.738. The van der Waals surface area contributed by atoms with E-state index in [4.69, 9.17) is 20.3 Å². The van der Waals surface area contributed by atoms with Gasteiger partial charge in [0.1, 0.15) is 0 Å². The second kappa shape index (κ2) is 43.3. The van der Waals surface area contributed by atoms with E-state index in [1.807, 2.05) is 85.8 Å². The van der Waals surface area contributed by atoms with Crippen molar-refractivity contribution in [1.29, 1.82) is 0 Å². The Morgan fingerprint density at radius 3 is 0.915 bits per heavy atom. The molecule has 16 rings (SSSR count). The number of nitro benzene ring substituents is 1. The van der Waals surface area contributed by atoms with Crippen LogP contribution in [-0.4, -0.2) is 68.3 Å². The highest BCUT2D eigenvalue weighted by molar-refractivity contribution is 14.1. The van der Waals surface area contributed by atoms with Gasteiger partial charge in [0.25, 0.3) is 5.69 Å². The molecule has 6 aliphatic rings. The van der Waals surface area contributed by atoms with Crippen LogP contribution in [0.15, 0.2) is 176 Å². The minimum Gasteiger partial charge on any atom is -0.478 e. The van der Waals surface area contributed by atoms with E-state index in [1.165, 1.54) is 186 Å². The molecule has 0 radical (unpaired) electrons. The molecule has 0 saturated carbocycles. The number of ether oxygens (including phenoxy) is 3. The predicted octanol–water partition coefficient (Wildman–Crippen LogP) is 32.8. The third-order valence-corrected chi connectivity index (χ3v) is 33.3. The van der Waals surface area contributed by atoms with Gasteiger partial charge in [0.2, 0.25) is 0 Å². The quantitative estimate of drug-likeness (QED) is 0.0277. The zero-order chi connectivity index (χ0) is 105. The number of nitrogens with two attached hydrogens (primary N) is 1. The number of carboxylic acids is 1. The highest BCUT2D eigenvalue weighted by atomic mass is 127. The number of aromatic carboxylic acids is 1. The number of hydrogen-bond acceptors (Lipinski definition) is 12. The van der Waals surface area contributed by atoms with Crippen molar-refractivity contribution in [3.63, 3.8) is 0 Å². The van der Waals surface area contributed by atoms with Crippen LogP contribution in [-0.2, 0) is 85.6 Å². The van der Waals surface area contributed by atoms with Crippen molar-refractivity contribution in [2.45, 2.75) is 370 Å². The third-order valence-electron chi connectivity index (χ3n) is 32.5. The van der Waals surface area contributed by atoms with Gasteiger partial charge in [-0.15, -0.1) is 0 Å². The fourth-order valence-corrected chi connectivity index (χ4v) is 22.1. The van der Waals surface area contributed by atoms with Gasteiger partial charge in [-0.25, -0.2) is 19.2 Å². The van der Waals surface area contributed by atoms with Crippen LogP contribution in [0.2, 0.25) is 0 Å². The number of halogens is 1. The van der Waals surface area contributed by atoms with E-state index in [1.54, 1.807) is 41.5 Å². The summed E-state index contributed by atoms with van der Waals surface area (Å²) in [5.41, 5.74) is 43.8. The van der Waals surface area contributed by atoms with E-state index in [-0.39, 0.29) is 77.3 Å². The zero-order valence-corrected chi connectivity index (χ0v) is 94.4. The molecule has 758 valence electrons. The van der Waals surface area contributed by atoms with Crippen molar-refractivity contribution in [2.24, 2.45) is 0 Å². The molecule has 0 amide bonds. The summed E-state index contributed by atoms with van der Waals surface area (Å²) in [6.45, 7) is 74.7. The molecule has 0 heterocycles. The zero-order valence-electron chi connectivity index (χ0n) is 92.3. The smallest absolute Gasteiger partial charge is 0.337 e. The maximum absolute atomic E-state index is 11.7. The average molecular weight is 2020 g/mol. The highest BCUT2D eigenvalue weighted by Crippen LogP contribution is 2.55. The second-order valence-electron chi connectivity index (χ2n) is 48.8. The van der Waals surface area contributed by atoms with E-state index in [2.05, 4.69) is 318 Å². The number of nitro groups is 1. The lowest BCUT2D eigenvalue weighted by atomic mass is 9.62. The van der Waals surface area contributed by atoms with Crippen LogP contribution in [0.25, 0.3) is 0 Å². The Morgan fingerprint density at radius 2 is 0.596 bits per heavy atom. The van der Waals surface area contributed by atoms with Gasteiger partial charge < -0.3 is 34.9 Å². The molecule has 0 atom stereocenters. The van der Waals surface area contributed by atoms with Crippen LogP contribution in [0.4, 0.5) is 34.1 Å². The molecule has 10 aromatic carbocycles. The number of nitrogens with zero attached hydrogens (tertiary/aromatic N) is 3. The third kappa shape index (κ3) is 25.7. The fourth-order valence-electron chi connectivity index (χ4n) is 21.8. The fraction of sp³-hybridized carbons (Fsp3) is 0.492. The van der Waals surface area contributed by atoms with Crippen molar-refractivity contribution in [2.75, 3.05) is 50.0 Å². The number of esters is 3. The number of anilines is 5. The minimum atomic E-state index is -0.890. The summed E-state index contributed by atoms with van der Waals surface area (Å²) < 4.78 is 15.2. The van der Waals surface area contributed by atoms with Gasteiger partial charge in [-0.2, -0.15) is 0 Å². The molecular weight excluding hydrogens is 1860 g/mol. The Labute approximate surface area is 861 Å². The molecule has 3 N–H and O–H groups in total. The second-order valence-corrected chi connectivity index (χ2v) is 50.0. The molecule has 10 aromatic rings. The first-order valence-corrected chi connectivity index (χ1v) is 52.2. The number of carbonyl (C=O) groups is 4. The monoisotopic (exact) mass is 2020 g/mol. The van der Waals surface area contributed by atoms with E-state index < -0.39 is 5.97 Å². The van der Waals surface area contributed by atoms with E-state index in [0.717, 1.165) is 64.1 Å². The van der Waals surface area contributed by atoms with Crippen LogP contribution in [0.3, 0.4) is 0 Å². The molecule has 0 spiro atoms. The van der Waals surface area contributed by atoms with E-state index >= 15 is 0 Å². The first-order valence-electron chi connectivity index (χ1n) is 51.1. The van der Waals surface area contributed by atoms with Gasteiger partial charge in [0.05, 0.1) is 48.5 Å². The lowest BCUT2D eigenvalue weighted by Gasteiger charge is -2.43. The molecule has 0 aliphatic heterocycles. The number of fused-ring (bicyclic) bond motifs is 6. The Balaban J connectivity index is 0.000000173. The molecule has 15 heteroatoms. The maximum atomic E-state index is 11.7. The number of carbonyl (C=O) groups excluding carboxylic acids is 3. The lowest BCUT2D eigenvalue weighted by molar-refractivity contribution is -0.385. The predicted molar refractivity (Wildman–Crippen MR) is 597 cm³/mol. The van der Waals surface area contributed by atoms with E-state index in [9.17, 15) is 29.3 Å². The first kappa shape index (κ1) is 113. The summed E-state index contributed by atoms with van der Waals surface area (Å²) in [5, 5.41) is 20.2. The lowest BCUT2D eigenvalue weighted by Crippen LogP contribution is -2.34. The Hall–Kier alpha value is -10.4. The van der Waals surface area contributed by atoms with Gasteiger partial charge in [0, 0.05) is 56.7 Å². The maximum Gasteiger partial charge on any atom is 0.337 e. The first-order chi connectivity index (χ1) is 65.3. The van der Waals surface area contributed by atoms with Crippen molar-refractivity contribution in [3.05, 3.63) is 323 Å². The molecular formula is C126H167IN4O10. The minimum absolute atomic E-state index is 0.0311. The SMILES string of the molecule is CCN(c1ccc(C(=O)O)cc1)c1cc2c(cc1C)C(C)(C)CCC2(C)C.CCN(c1ccc(C(=O)OC)cc1)c1cc2c(cc1C)C(C)(C)CCC2(C)C.COC(=O)c1ccc(Cc2cc3c(cc2C)C(C)(C)CCC3(C)C)cc1.COC(=O)c1ccc(I)cc1.Cc1cc2c(cc1N)C(C)(C)CCC2(C)C.Cc1cc2c(cc1[N+](=O)[O-])C(C)(C)CCC2(C)C.Cc1ccc2c(c1)C(C)(C)CCC2(C)C. The molecule has 0 bridgehead atoms. The van der Waals surface area contributed by atoms with Crippen molar-refractivity contribution in [3.8, 4) is 0 Å². The van der Waals surface area contributed by atoms with Crippen LogP contribution in [0.5, 0.6) is 0 Å². The molecule has 0 saturated heterocycles. The summed E-state index contributed by atoms with van der Waals surface area (Å²) in [6.07, 6.45) is 15.5. The van der Waals surface area contributed by atoms with E-state index in [0.29, 0.717) is 38.5 Å². The van der Waals surface area contributed by atoms with Crippen molar-refractivity contribution < 1.29 is 43.4 Å². The standard InChI is InChI=1S/C25H33NO2.C24H31NO2.C24H30O2.C15H21NO2.C15H23N.C15H22.C8H7IO2/c1-8-26(19-11-9-18(10-12-19)23(27)28-7)22-16-21-20(15-17(22)2)24(3,4)13-14-25(21,5)6;1-7-25(18-10-8-17(9-11-18)22(26)27)21-15-20-19(14-16(21)2)23(3,4)12-13-24(20,5)6;1-16-13-20-21(24(4,5)12-11-23(20,2)3)15-19(16)14-17-7-9-18(10-8-17)22(25)26-6;1-10-8-11-12(9-13(10)16(17)18)15(4,5)7-6-14(11,2)3;1-10-8-11-12(9-13(10)16)15(4,5)7-6-14(11,2)3;1-11-6-7-12-13(10-11)15(4,5)9-8-14(12,2)3;1-11-8(10)6-2-4-7(9)5-3-6/h9-12,15-16H,8,13-14H2,1-7H3;8-11,14-15H,7,12-13H2,1-6H3,(H,26,27);7-10,13,15H,11-12,14H2,1-6H3;8-9H,6-7H2,1-5H3;8-9H,6-7,16H2,1-5H3;6-7,10H,8-9H2,1-5H3;2-5H,1H3. The van der Waals surface area contributed by atoms with Crippen molar-refractivity contribution >= 4 is 80.6 Å². The summed E-state index contributed by atoms with van der Waals surface area (Å²) >= 11 is 2.18. The molecule has 0 unspecified atom stereocenters. The van der Waals surface area contributed by atoms with Gasteiger partial charge >= 0.3 is 23.9 Å². The van der Waals surface area contributed by atoms with Gasteiger partial charge in [-0.1, -0.05) is 232 Å². The Bertz CT molecular complexity index is 6170. The van der Waals surface area contributed by atoms with Gasteiger partial charge in [-0.3, -0.25) is 10.1 Å². The van der Waals surface area contributed by atoms with Gasteiger partial charge in [0.15, 0.2) is 0 Å². The number of methoxy groups -OCH3 is 3. The molecule has 6 aliphatic carbocycles. The van der Waals surface area contributed by atoms with Crippen LogP contribution in [0.1, 0.15) is 410 Å². The highest BCUT2D eigenvalue weighted by Gasteiger charge is 2.45. The molecule has 0 fully saturated rings. The topological polar surface area (TPSA) is 192 Å². The number of rotatable bonds is 13.